The van der Waals surface area contributed by atoms with E-state index >= 15 is 0 Å². The molecule has 2 aromatic carbocycles. The average molecular weight is 543 g/mol. The minimum atomic E-state index is -5.15. The number of carbonyl (C=O) groups excluding carboxylic acids is 1. The van der Waals surface area contributed by atoms with Gasteiger partial charge in [-0.2, -0.15) is 0 Å². The van der Waals surface area contributed by atoms with Crippen LogP contribution in [-0.2, 0) is 19.8 Å². The first-order chi connectivity index (χ1) is 18.1. The molecule has 0 spiro atoms. The Kier molecular flexibility index (Phi) is 6.24. The van der Waals surface area contributed by atoms with Gasteiger partial charge in [-0.3, -0.25) is 9.36 Å². The summed E-state index contributed by atoms with van der Waals surface area (Å²) in [5.41, 5.74) is 5.97. The molecule has 5 rings (SSSR count). The number of aromatic nitrogens is 4. The number of nitrogens with one attached hydrogen (secondary N) is 1. The van der Waals surface area contributed by atoms with Crippen molar-refractivity contribution in [2.45, 2.75) is 23.4 Å². The Morgan fingerprint density at radius 3 is 2.45 bits per heavy atom. The van der Waals surface area contributed by atoms with E-state index in [4.69, 9.17) is 10.5 Å². The van der Waals surface area contributed by atoms with Gasteiger partial charge in [0.05, 0.1) is 12.2 Å². The van der Waals surface area contributed by atoms with Crippen LogP contribution >= 0.6 is 0 Å². The predicted molar refractivity (Wildman–Crippen MR) is 132 cm³/mol. The van der Waals surface area contributed by atoms with E-state index in [1.807, 2.05) is 0 Å². The van der Waals surface area contributed by atoms with Crippen LogP contribution in [0.2, 0.25) is 0 Å². The molecule has 1 amide bonds. The van der Waals surface area contributed by atoms with E-state index in [-0.39, 0.29) is 28.4 Å². The Balaban J connectivity index is 1.71. The third-order valence-electron chi connectivity index (χ3n) is 6.13. The average Bonchev–Trinajstić information content (AvgIpc) is 3.44. The molecule has 0 unspecified atom stereocenters. The van der Waals surface area contributed by atoms with E-state index in [0.717, 1.165) is 10.9 Å². The summed E-state index contributed by atoms with van der Waals surface area (Å²) in [4.78, 5) is 25.6. The van der Waals surface area contributed by atoms with Gasteiger partial charge in [-0.1, -0.05) is 42.5 Å². The fourth-order valence-electron chi connectivity index (χ4n) is 4.25. The minimum absolute atomic E-state index is 0.0518. The van der Waals surface area contributed by atoms with Gasteiger partial charge in [0.2, 0.25) is 0 Å². The third kappa shape index (κ3) is 3.84. The fraction of sp³-hybridized carbons (Fsp3) is 0.217. The first kappa shape index (κ1) is 25.5. The molecule has 2 aromatic heterocycles. The zero-order chi connectivity index (χ0) is 27.2. The second-order valence-corrected chi connectivity index (χ2v) is 10.2. The van der Waals surface area contributed by atoms with Crippen molar-refractivity contribution in [3.63, 3.8) is 0 Å². The van der Waals surface area contributed by atoms with Crippen molar-refractivity contribution >= 4 is 32.9 Å². The topological polar surface area (TPSA) is 223 Å². The van der Waals surface area contributed by atoms with Gasteiger partial charge in [0.25, 0.3) is 15.9 Å². The number of hydrogen-bond acceptors (Lipinski definition) is 12. The zero-order valence-electron chi connectivity index (χ0n) is 19.4. The highest BCUT2D eigenvalue weighted by atomic mass is 32.2. The second-order valence-electron chi connectivity index (χ2n) is 8.44. The molecule has 0 radical (unpaired) electrons. The monoisotopic (exact) mass is 542 g/mol. The number of aliphatic hydroxyl groups excluding tert-OH is 3. The molecule has 3 heterocycles. The van der Waals surface area contributed by atoms with Crippen molar-refractivity contribution in [2.24, 2.45) is 0 Å². The number of rotatable bonds is 6. The molecule has 198 valence electrons. The lowest BCUT2D eigenvalue weighted by Gasteiger charge is -2.32. The van der Waals surface area contributed by atoms with Crippen LogP contribution in [0.3, 0.4) is 0 Å². The molecule has 14 nitrogen and oxygen atoms in total. The quantitative estimate of drug-likeness (QED) is 0.177. The summed E-state index contributed by atoms with van der Waals surface area (Å²) in [6, 6.07) is 13.8. The Bertz CT molecular complexity index is 1630. The fourth-order valence-corrected chi connectivity index (χ4v) is 5.85. The Hall–Kier alpha value is -4.15. The number of anilines is 1. The SMILES string of the molecule is Nc1nc(-c2ccccc2)nc2c1ncn2[C@]1(S(=O)(=O)NC(=O)c2ccccc2O)O[C@H](CO)[C@@H](O)[C@H]1O. The molecule has 4 atom stereocenters. The zero-order valence-corrected chi connectivity index (χ0v) is 20.2. The van der Waals surface area contributed by atoms with Crippen molar-refractivity contribution < 1.29 is 38.4 Å². The molecule has 38 heavy (non-hydrogen) atoms. The highest BCUT2D eigenvalue weighted by Crippen LogP contribution is 2.42. The molecule has 1 fully saturated rings. The van der Waals surface area contributed by atoms with Crippen LogP contribution < -0.4 is 10.5 Å². The summed E-state index contributed by atoms with van der Waals surface area (Å²) >= 11 is 0. The summed E-state index contributed by atoms with van der Waals surface area (Å²) in [6.45, 7) is -0.873. The summed E-state index contributed by atoms with van der Waals surface area (Å²) in [6.07, 6.45) is -4.78. The molecule has 1 aliphatic rings. The number of nitrogens with two attached hydrogens (primary N) is 1. The number of para-hydroxylation sites is 1. The number of sulfonamides is 1. The Labute approximate surface area is 215 Å². The Morgan fingerprint density at radius 2 is 1.79 bits per heavy atom. The second kappa shape index (κ2) is 9.30. The molecule has 0 bridgehead atoms. The first-order valence-electron chi connectivity index (χ1n) is 11.2. The number of aliphatic hydroxyl groups is 3. The molecule has 0 saturated carbocycles. The van der Waals surface area contributed by atoms with E-state index in [9.17, 15) is 33.6 Å². The number of nitrogen functional groups attached to an aromatic ring is 1. The van der Waals surface area contributed by atoms with Crippen molar-refractivity contribution in [1.82, 2.24) is 24.2 Å². The highest BCUT2D eigenvalue weighted by Gasteiger charge is 2.65. The van der Waals surface area contributed by atoms with E-state index < -0.39 is 51.7 Å². The van der Waals surface area contributed by atoms with Crippen molar-refractivity contribution in [3.8, 4) is 17.1 Å². The molecule has 15 heteroatoms. The van der Waals surface area contributed by atoms with Crippen molar-refractivity contribution in [2.75, 3.05) is 12.3 Å². The standard InChI is InChI=1S/C23H22N6O8S/c24-19-16-21(27-20(26-19)12-6-2-1-3-7-12)29(11-25-16)23(18(33)17(32)15(10-30)37-23)38(35,36)28-22(34)13-8-4-5-9-14(13)31/h1-9,11,15,17-18,30-33H,10H2,(H,28,34)(H2,24,26,27)/t15-,17-,18-,23+/m1/s1. The van der Waals surface area contributed by atoms with Crippen LogP contribution in [0, 0.1) is 0 Å². The van der Waals surface area contributed by atoms with Crippen LogP contribution in [0.15, 0.2) is 60.9 Å². The maximum atomic E-state index is 13.8. The summed E-state index contributed by atoms with van der Waals surface area (Å²) in [5, 5.41) is 38.4. The number of nitrogens with zero attached hydrogens (tertiary/aromatic N) is 4. The van der Waals surface area contributed by atoms with Gasteiger partial charge in [-0.15, -0.1) is 0 Å². The number of phenolic OH excluding ortho intramolecular Hbond substituents is 1. The molecule has 1 saturated heterocycles. The lowest BCUT2D eigenvalue weighted by molar-refractivity contribution is -0.0847. The molecule has 4 aromatic rings. The number of ether oxygens (including phenoxy) is 1. The molecule has 0 aliphatic carbocycles. The van der Waals surface area contributed by atoms with E-state index in [1.165, 1.54) is 24.3 Å². The number of imidazole rings is 1. The minimum Gasteiger partial charge on any atom is -0.507 e. The normalized spacial score (nSPS) is 23.5. The summed E-state index contributed by atoms with van der Waals surface area (Å²) in [7, 11) is -5.15. The number of hydrogen-bond donors (Lipinski definition) is 6. The van der Waals surface area contributed by atoms with Crippen LogP contribution in [0.5, 0.6) is 5.75 Å². The van der Waals surface area contributed by atoms with Crippen LogP contribution in [0.25, 0.3) is 22.6 Å². The first-order valence-corrected chi connectivity index (χ1v) is 12.6. The van der Waals surface area contributed by atoms with Crippen LogP contribution in [0.4, 0.5) is 5.82 Å². The molecule has 7 N–H and O–H groups in total. The van der Waals surface area contributed by atoms with Gasteiger partial charge in [0, 0.05) is 5.56 Å². The number of phenols is 1. The number of carbonyl (C=O) groups is 1. The third-order valence-corrected chi connectivity index (χ3v) is 7.89. The lowest BCUT2D eigenvalue weighted by Crippen LogP contribution is -2.56. The summed E-state index contributed by atoms with van der Waals surface area (Å²) in [5.74, 6) is -1.78. The van der Waals surface area contributed by atoms with Gasteiger partial charge >= 0.3 is 5.06 Å². The number of amides is 1. The van der Waals surface area contributed by atoms with Crippen molar-refractivity contribution in [1.29, 1.82) is 0 Å². The molecule has 1 aliphatic heterocycles. The van der Waals surface area contributed by atoms with Gasteiger partial charge in [-0.05, 0) is 12.1 Å². The van der Waals surface area contributed by atoms with Gasteiger partial charge in [0.15, 0.2) is 17.3 Å². The largest absolute Gasteiger partial charge is 0.507 e. The van der Waals surface area contributed by atoms with Gasteiger partial charge in [0.1, 0.15) is 35.9 Å². The molecular formula is C23H22N6O8S. The number of benzene rings is 2. The van der Waals surface area contributed by atoms with E-state index in [1.54, 1.807) is 35.1 Å². The predicted octanol–water partition coefficient (Wildman–Crippen LogP) is -0.736. The molecular weight excluding hydrogens is 520 g/mol. The lowest BCUT2D eigenvalue weighted by atomic mass is 10.1. The summed E-state index contributed by atoms with van der Waals surface area (Å²) < 4.78 is 35.8. The van der Waals surface area contributed by atoms with Crippen LogP contribution in [0.1, 0.15) is 10.4 Å². The van der Waals surface area contributed by atoms with Gasteiger partial charge < -0.3 is 30.9 Å². The smallest absolute Gasteiger partial charge is 0.300 e. The van der Waals surface area contributed by atoms with Crippen molar-refractivity contribution in [3.05, 3.63) is 66.5 Å². The van der Waals surface area contributed by atoms with E-state index in [2.05, 4.69) is 15.0 Å². The Morgan fingerprint density at radius 1 is 1.11 bits per heavy atom. The maximum absolute atomic E-state index is 13.8. The highest BCUT2D eigenvalue weighted by molar-refractivity contribution is 7.90. The maximum Gasteiger partial charge on any atom is 0.300 e. The number of fused-ring (bicyclic) bond motifs is 1. The van der Waals surface area contributed by atoms with E-state index in [0.29, 0.717) is 5.56 Å². The number of aromatic hydroxyl groups is 1. The van der Waals surface area contributed by atoms with Gasteiger partial charge in [-0.25, -0.2) is 28.1 Å². The van der Waals surface area contributed by atoms with Crippen LogP contribution in [-0.4, -0.2) is 79.2 Å².